The van der Waals surface area contributed by atoms with Crippen LogP contribution >= 0.6 is 0 Å². The lowest BCUT2D eigenvalue weighted by Crippen LogP contribution is -2.21. The lowest BCUT2D eigenvalue weighted by molar-refractivity contribution is 0.472. The molecule has 166 valence electrons. The Kier molecular flexibility index (Phi) is 6.64. The van der Waals surface area contributed by atoms with Crippen molar-refractivity contribution >= 4 is 12.2 Å². The number of rotatable bonds is 6. The molecule has 0 radical (unpaired) electrons. The van der Waals surface area contributed by atoms with Gasteiger partial charge < -0.3 is 10.2 Å². The molecule has 2 heteroatoms. The van der Waals surface area contributed by atoms with Gasteiger partial charge in [-0.05, 0) is 60.4 Å². The van der Waals surface area contributed by atoms with Crippen LogP contribution in [0.5, 0.6) is 11.5 Å². The molecule has 0 heterocycles. The molecule has 0 saturated carbocycles. The van der Waals surface area contributed by atoms with Crippen LogP contribution in [-0.2, 0) is 10.8 Å². The van der Waals surface area contributed by atoms with Crippen molar-refractivity contribution in [2.45, 2.75) is 52.4 Å². The standard InChI is InChI=1S/C30H34O2/c1-7-9-21-19-25(15-17-27(21)31)29(3,4)23-11-13-24(14-12-23)30(5,6)26-16-18-28(32)22(20-26)10-8-2/h7-20,31-32H,1-6H3. The predicted octanol–water partition coefficient (Wildman–Crippen LogP) is 7.82. The zero-order chi connectivity index (χ0) is 23.5. The predicted molar refractivity (Wildman–Crippen MR) is 136 cm³/mol. The van der Waals surface area contributed by atoms with E-state index in [1.165, 1.54) is 11.1 Å². The van der Waals surface area contributed by atoms with Crippen LogP contribution in [0, 0.1) is 0 Å². The Morgan fingerprint density at radius 1 is 0.531 bits per heavy atom. The molecular formula is C30H34O2. The van der Waals surface area contributed by atoms with Crippen molar-refractivity contribution in [3.63, 3.8) is 0 Å². The van der Waals surface area contributed by atoms with Gasteiger partial charge >= 0.3 is 0 Å². The van der Waals surface area contributed by atoms with Gasteiger partial charge in [-0.2, -0.15) is 0 Å². The molecule has 32 heavy (non-hydrogen) atoms. The quantitative estimate of drug-likeness (QED) is 0.422. The minimum absolute atomic E-state index is 0.204. The summed E-state index contributed by atoms with van der Waals surface area (Å²) in [6.45, 7) is 12.7. The number of phenols is 2. The Labute approximate surface area is 192 Å². The number of phenolic OH excluding ortho intramolecular Hbond substituents is 2. The Balaban J connectivity index is 1.96. The second-order valence-corrected chi connectivity index (χ2v) is 9.37. The number of hydrogen-bond donors (Lipinski definition) is 2. The fourth-order valence-electron chi connectivity index (χ4n) is 4.15. The van der Waals surface area contributed by atoms with Crippen LogP contribution in [0.3, 0.4) is 0 Å². The Morgan fingerprint density at radius 3 is 1.16 bits per heavy atom. The van der Waals surface area contributed by atoms with E-state index >= 15 is 0 Å². The summed E-state index contributed by atoms with van der Waals surface area (Å²) in [4.78, 5) is 0. The summed E-state index contributed by atoms with van der Waals surface area (Å²) in [6, 6.07) is 20.5. The summed E-state index contributed by atoms with van der Waals surface area (Å²) in [6.07, 6.45) is 7.74. The Hall–Kier alpha value is -3.26. The average Bonchev–Trinajstić information content (AvgIpc) is 2.77. The lowest BCUT2D eigenvalue weighted by atomic mass is 9.74. The van der Waals surface area contributed by atoms with Gasteiger partial charge in [0.25, 0.3) is 0 Å². The summed E-state index contributed by atoms with van der Waals surface area (Å²) >= 11 is 0. The van der Waals surface area contributed by atoms with Gasteiger partial charge in [0.15, 0.2) is 0 Å². The summed E-state index contributed by atoms with van der Waals surface area (Å²) < 4.78 is 0. The SMILES string of the molecule is CC=Cc1cc(C(C)(C)c2ccc(C(C)(C)c3ccc(O)c(C=CC)c3)cc2)ccc1O. The van der Waals surface area contributed by atoms with E-state index in [0.29, 0.717) is 11.5 Å². The number of hydrogen-bond acceptors (Lipinski definition) is 2. The molecule has 3 aromatic rings. The van der Waals surface area contributed by atoms with Crippen LogP contribution < -0.4 is 0 Å². The summed E-state index contributed by atoms with van der Waals surface area (Å²) in [5.41, 5.74) is 6.01. The van der Waals surface area contributed by atoms with Gasteiger partial charge in [-0.15, -0.1) is 0 Å². The molecule has 0 aliphatic rings. The van der Waals surface area contributed by atoms with Crippen LogP contribution in [0.25, 0.3) is 12.2 Å². The smallest absolute Gasteiger partial charge is 0.122 e. The maximum Gasteiger partial charge on any atom is 0.122 e. The molecule has 0 spiro atoms. The van der Waals surface area contributed by atoms with E-state index in [-0.39, 0.29) is 10.8 Å². The molecule has 0 fully saturated rings. The van der Waals surface area contributed by atoms with Gasteiger partial charge in [0, 0.05) is 22.0 Å². The molecule has 2 N–H and O–H groups in total. The molecule has 3 aromatic carbocycles. The van der Waals surface area contributed by atoms with E-state index in [0.717, 1.165) is 22.3 Å². The third-order valence-electron chi connectivity index (χ3n) is 6.52. The van der Waals surface area contributed by atoms with Gasteiger partial charge in [-0.3, -0.25) is 0 Å². The molecule has 0 unspecified atom stereocenters. The first-order valence-electron chi connectivity index (χ1n) is 11.1. The zero-order valence-electron chi connectivity index (χ0n) is 20.0. The Bertz CT molecular complexity index is 1050. The second kappa shape index (κ2) is 9.08. The monoisotopic (exact) mass is 426 g/mol. The highest BCUT2D eigenvalue weighted by Gasteiger charge is 2.27. The normalized spacial score (nSPS) is 12.7. The molecule has 3 rings (SSSR count). The highest BCUT2D eigenvalue weighted by Crippen LogP contribution is 2.38. The fraction of sp³-hybridized carbons (Fsp3) is 0.267. The second-order valence-electron chi connectivity index (χ2n) is 9.37. The van der Waals surface area contributed by atoms with Crippen molar-refractivity contribution in [2.75, 3.05) is 0 Å². The number of aromatic hydroxyl groups is 2. The van der Waals surface area contributed by atoms with Crippen LogP contribution in [0.2, 0.25) is 0 Å². The first kappa shape index (κ1) is 23.4. The highest BCUT2D eigenvalue weighted by atomic mass is 16.3. The molecule has 0 aliphatic carbocycles. The number of allylic oxidation sites excluding steroid dienone is 2. The Morgan fingerprint density at radius 2 is 0.844 bits per heavy atom. The van der Waals surface area contributed by atoms with Crippen molar-refractivity contribution in [1.29, 1.82) is 0 Å². The molecule has 0 saturated heterocycles. The van der Waals surface area contributed by atoms with E-state index in [1.807, 2.05) is 50.3 Å². The van der Waals surface area contributed by atoms with Crippen molar-refractivity contribution in [3.05, 3.63) is 106 Å². The molecule has 0 bridgehead atoms. The van der Waals surface area contributed by atoms with E-state index < -0.39 is 0 Å². The summed E-state index contributed by atoms with van der Waals surface area (Å²) in [5.74, 6) is 0.594. The zero-order valence-corrected chi connectivity index (χ0v) is 20.0. The van der Waals surface area contributed by atoms with Crippen molar-refractivity contribution < 1.29 is 10.2 Å². The van der Waals surface area contributed by atoms with Gasteiger partial charge in [0.05, 0.1) is 0 Å². The molecule has 0 amide bonds. The molecule has 0 aliphatic heterocycles. The third-order valence-corrected chi connectivity index (χ3v) is 6.52. The third kappa shape index (κ3) is 4.50. The van der Waals surface area contributed by atoms with Crippen LogP contribution in [0.15, 0.2) is 72.8 Å². The largest absolute Gasteiger partial charge is 0.507 e. The van der Waals surface area contributed by atoms with Crippen molar-refractivity contribution in [2.24, 2.45) is 0 Å². The first-order valence-corrected chi connectivity index (χ1v) is 11.1. The minimum atomic E-state index is -0.204. The van der Waals surface area contributed by atoms with Gasteiger partial charge in [0.1, 0.15) is 11.5 Å². The van der Waals surface area contributed by atoms with Gasteiger partial charge in [0.2, 0.25) is 0 Å². The van der Waals surface area contributed by atoms with E-state index in [2.05, 4.69) is 64.1 Å². The summed E-state index contributed by atoms with van der Waals surface area (Å²) in [7, 11) is 0. The maximum absolute atomic E-state index is 10.1. The number of benzene rings is 3. The van der Waals surface area contributed by atoms with Crippen LogP contribution in [0.1, 0.15) is 74.9 Å². The van der Waals surface area contributed by atoms with Crippen molar-refractivity contribution in [3.8, 4) is 11.5 Å². The highest BCUT2D eigenvalue weighted by molar-refractivity contribution is 5.60. The first-order chi connectivity index (χ1) is 15.1. The van der Waals surface area contributed by atoms with E-state index in [9.17, 15) is 10.2 Å². The minimum Gasteiger partial charge on any atom is -0.507 e. The average molecular weight is 427 g/mol. The topological polar surface area (TPSA) is 40.5 Å². The summed E-state index contributed by atoms with van der Waals surface area (Å²) in [5, 5.41) is 20.3. The van der Waals surface area contributed by atoms with Gasteiger partial charge in [-0.25, -0.2) is 0 Å². The van der Waals surface area contributed by atoms with Crippen LogP contribution in [0.4, 0.5) is 0 Å². The van der Waals surface area contributed by atoms with Crippen LogP contribution in [-0.4, -0.2) is 10.2 Å². The molecule has 2 nitrogen and oxygen atoms in total. The molecule has 0 atom stereocenters. The lowest BCUT2D eigenvalue weighted by Gasteiger charge is -2.30. The van der Waals surface area contributed by atoms with Crippen molar-refractivity contribution in [1.82, 2.24) is 0 Å². The molecule has 0 aromatic heterocycles. The maximum atomic E-state index is 10.1. The van der Waals surface area contributed by atoms with E-state index in [4.69, 9.17) is 0 Å². The van der Waals surface area contributed by atoms with Gasteiger partial charge in [-0.1, -0.05) is 88.4 Å². The molecular weight excluding hydrogens is 392 g/mol. The fourth-order valence-corrected chi connectivity index (χ4v) is 4.15. The van der Waals surface area contributed by atoms with E-state index in [1.54, 1.807) is 12.1 Å².